The Balaban J connectivity index is 2.38. The molecule has 0 radical (unpaired) electrons. The van der Waals surface area contributed by atoms with Crippen molar-refractivity contribution < 1.29 is 35.2 Å². The van der Waals surface area contributed by atoms with Crippen LogP contribution in [-0.4, -0.2) is 26.6 Å². The number of hydrogen-bond donors (Lipinski definition) is 1. The van der Waals surface area contributed by atoms with Gasteiger partial charge in [0.05, 0.1) is 17.5 Å². The van der Waals surface area contributed by atoms with Crippen LogP contribution in [-0.2, 0) is 21.0 Å². The molecule has 1 atom stereocenters. The van der Waals surface area contributed by atoms with E-state index in [0.29, 0.717) is 16.4 Å². The molecule has 2 rings (SSSR count). The maximum Gasteiger partial charge on any atom is 0.416 e. The van der Waals surface area contributed by atoms with E-state index >= 15 is 0 Å². The van der Waals surface area contributed by atoms with Crippen LogP contribution in [0.25, 0.3) is 0 Å². The minimum atomic E-state index is -4.71. The SMILES string of the molecule is CC(C(=O)Nc1ccc(F)c(F)c1)N(c1cccc(C(F)(F)F)c1)S(C)(=O)=O. The summed E-state index contributed by atoms with van der Waals surface area (Å²) >= 11 is 0. The molecule has 2 aromatic carbocycles. The van der Waals surface area contributed by atoms with Crippen molar-refractivity contribution in [3.8, 4) is 0 Å². The molecule has 28 heavy (non-hydrogen) atoms. The van der Waals surface area contributed by atoms with Gasteiger partial charge in [-0.1, -0.05) is 6.07 Å². The lowest BCUT2D eigenvalue weighted by molar-refractivity contribution is -0.137. The first kappa shape index (κ1) is 21.6. The lowest BCUT2D eigenvalue weighted by Crippen LogP contribution is -2.45. The highest BCUT2D eigenvalue weighted by Crippen LogP contribution is 2.33. The molecule has 1 N–H and O–H groups in total. The molecule has 0 saturated carbocycles. The third-order valence-electron chi connectivity index (χ3n) is 3.70. The lowest BCUT2D eigenvalue weighted by Gasteiger charge is -2.28. The summed E-state index contributed by atoms with van der Waals surface area (Å²) in [5.41, 5.74) is -1.61. The Bertz CT molecular complexity index is 993. The van der Waals surface area contributed by atoms with Gasteiger partial charge in [0.1, 0.15) is 6.04 Å². The summed E-state index contributed by atoms with van der Waals surface area (Å²) in [4.78, 5) is 12.4. The van der Waals surface area contributed by atoms with Crippen LogP contribution in [0.1, 0.15) is 12.5 Å². The zero-order chi connectivity index (χ0) is 21.3. The maximum absolute atomic E-state index is 13.3. The van der Waals surface area contributed by atoms with Crippen LogP contribution in [0.3, 0.4) is 0 Å². The largest absolute Gasteiger partial charge is 0.416 e. The summed E-state index contributed by atoms with van der Waals surface area (Å²) in [5.74, 6) is -3.33. The predicted octanol–water partition coefficient (Wildman–Crippen LogP) is 3.78. The van der Waals surface area contributed by atoms with Crippen molar-refractivity contribution in [3.05, 3.63) is 59.7 Å². The second-order valence-corrected chi connectivity index (χ2v) is 7.76. The topological polar surface area (TPSA) is 66.5 Å². The van der Waals surface area contributed by atoms with Gasteiger partial charge in [0, 0.05) is 11.8 Å². The van der Waals surface area contributed by atoms with E-state index in [1.807, 2.05) is 0 Å². The number of carbonyl (C=O) groups is 1. The van der Waals surface area contributed by atoms with Gasteiger partial charge in [-0.25, -0.2) is 17.2 Å². The summed E-state index contributed by atoms with van der Waals surface area (Å²) in [6.45, 7) is 1.15. The van der Waals surface area contributed by atoms with E-state index in [9.17, 15) is 35.2 Å². The molecule has 5 nitrogen and oxygen atoms in total. The van der Waals surface area contributed by atoms with Gasteiger partial charge in [0.15, 0.2) is 11.6 Å². The number of carbonyl (C=O) groups excluding carboxylic acids is 1. The van der Waals surface area contributed by atoms with Crippen LogP contribution in [0.4, 0.5) is 33.3 Å². The van der Waals surface area contributed by atoms with Gasteiger partial charge >= 0.3 is 6.18 Å². The second kappa shape index (κ2) is 7.74. The van der Waals surface area contributed by atoms with Gasteiger partial charge in [-0.2, -0.15) is 13.2 Å². The molecule has 0 aliphatic heterocycles. The van der Waals surface area contributed by atoms with Crippen molar-refractivity contribution in [1.29, 1.82) is 0 Å². The number of anilines is 2. The molecule has 1 unspecified atom stereocenters. The van der Waals surface area contributed by atoms with Crippen molar-refractivity contribution >= 4 is 27.3 Å². The van der Waals surface area contributed by atoms with Gasteiger partial charge in [0.2, 0.25) is 15.9 Å². The molecule has 0 aromatic heterocycles. The van der Waals surface area contributed by atoms with Gasteiger partial charge in [-0.3, -0.25) is 9.10 Å². The van der Waals surface area contributed by atoms with E-state index in [0.717, 1.165) is 43.5 Å². The first-order chi connectivity index (χ1) is 12.8. The smallest absolute Gasteiger partial charge is 0.324 e. The van der Waals surface area contributed by atoms with Gasteiger partial charge in [-0.05, 0) is 37.3 Å². The second-order valence-electron chi connectivity index (χ2n) is 5.90. The van der Waals surface area contributed by atoms with Crippen molar-refractivity contribution in [2.45, 2.75) is 19.1 Å². The van der Waals surface area contributed by atoms with Gasteiger partial charge in [-0.15, -0.1) is 0 Å². The lowest BCUT2D eigenvalue weighted by atomic mass is 10.1. The Labute approximate surface area is 157 Å². The number of halogens is 5. The van der Waals surface area contributed by atoms with Crippen LogP contribution >= 0.6 is 0 Å². The highest BCUT2D eigenvalue weighted by molar-refractivity contribution is 7.92. The molecular weight excluding hydrogens is 407 g/mol. The molecule has 0 saturated heterocycles. The Morgan fingerprint density at radius 1 is 1.07 bits per heavy atom. The molecule has 0 aliphatic rings. The molecule has 0 aliphatic carbocycles. The van der Waals surface area contributed by atoms with Gasteiger partial charge in [0.25, 0.3) is 0 Å². The molecule has 0 bridgehead atoms. The molecule has 0 spiro atoms. The van der Waals surface area contributed by atoms with E-state index in [2.05, 4.69) is 5.32 Å². The fourth-order valence-electron chi connectivity index (χ4n) is 2.45. The quantitative estimate of drug-likeness (QED) is 0.746. The number of nitrogens with zero attached hydrogens (tertiary/aromatic N) is 1. The standard InChI is InChI=1S/C17H15F5N2O3S/c1-10(16(25)23-12-6-7-14(18)15(19)9-12)24(28(2,26)27)13-5-3-4-11(8-13)17(20,21)22/h3-10H,1-2H3,(H,23,25). The van der Waals surface area contributed by atoms with E-state index in [1.165, 1.54) is 0 Å². The summed E-state index contributed by atoms with van der Waals surface area (Å²) in [6.07, 6.45) is -3.98. The minimum Gasteiger partial charge on any atom is -0.324 e. The van der Waals surface area contributed by atoms with E-state index in [-0.39, 0.29) is 11.4 Å². The van der Waals surface area contributed by atoms with Crippen LogP contribution in [0.2, 0.25) is 0 Å². The van der Waals surface area contributed by atoms with E-state index < -0.39 is 45.3 Å². The molecule has 0 fully saturated rings. The average Bonchev–Trinajstić information content (AvgIpc) is 2.56. The Hall–Kier alpha value is -2.69. The van der Waals surface area contributed by atoms with Crippen LogP contribution in [0.5, 0.6) is 0 Å². The molecule has 11 heteroatoms. The number of nitrogens with one attached hydrogen (secondary N) is 1. The Morgan fingerprint density at radius 3 is 2.25 bits per heavy atom. The van der Waals surface area contributed by atoms with Crippen LogP contribution in [0.15, 0.2) is 42.5 Å². The van der Waals surface area contributed by atoms with Crippen molar-refractivity contribution in [1.82, 2.24) is 0 Å². The Kier molecular flexibility index (Phi) is 5.97. The number of benzene rings is 2. The molecule has 0 heterocycles. The monoisotopic (exact) mass is 422 g/mol. The maximum atomic E-state index is 13.3. The minimum absolute atomic E-state index is 0.145. The van der Waals surface area contributed by atoms with Gasteiger partial charge < -0.3 is 5.32 Å². The number of alkyl halides is 3. The number of hydrogen-bond acceptors (Lipinski definition) is 3. The average molecular weight is 422 g/mol. The molecule has 152 valence electrons. The predicted molar refractivity (Wildman–Crippen MR) is 93.2 cm³/mol. The fourth-order valence-corrected chi connectivity index (χ4v) is 3.62. The Morgan fingerprint density at radius 2 is 1.71 bits per heavy atom. The first-order valence-electron chi connectivity index (χ1n) is 7.73. The zero-order valence-corrected chi connectivity index (χ0v) is 15.4. The summed E-state index contributed by atoms with van der Waals surface area (Å²) < 4.78 is 89.8. The van der Waals surface area contributed by atoms with E-state index in [1.54, 1.807) is 0 Å². The third-order valence-corrected chi connectivity index (χ3v) is 4.95. The van der Waals surface area contributed by atoms with Crippen LogP contribution in [0, 0.1) is 11.6 Å². The molecule has 2 aromatic rings. The van der Waals surface area contributed by atoms with Crippen molar-refractivity contribution in [2.24, 2.45) is 0 Å². The van der Waals surface area contributed by atoms with E-state index in [4.69, 9.17) is 0 Å². The van der Waals surface area contributed by atoms with Crippen molar-refractivity contribution in [2.75, 3.05) is 15.9 Å². The summed E-state index contributed by atoms with van der Waals surface area (Å²) in [6, 6.07) is 4.50. The zero-order valence-electron chi connectivity index (χ0n) is 14.6. The summed E-state index contributed by atoms with van der Waals surface area (Å²) in [5, 5.41) is 2.20. The highest BCUT2D eigenvalue weighted by atomic mass is 32.2. The molecule has 1 amide bonds. The number of rotatable bonds is 5. The normalized spacial score (nSPS) is 13.1. The number of amides is 1. The number of sulfonamides is 1. The summed E-state index contributed by atoms with van der Waals surface area (Å²) in [7, 11) is -4.16. The van der Waals surface area contributed by atoms with Crippen LogP contribution < -0.4 is 9.62 Å². The fraction of sp³-hybridized carbons (Fsp3) is 0.235. The third kappa shape index (κ3) is 4.97. The van der Waals surface area contributed by atoms with Crippen molar-refractivity contribution in [3.63, 3.8) is 0 Å². The first-order valence-corrected chi connectivity index (χ1v) is 9.58. The highest BCUT2D eigenvalue weighted by Gasteiger charge is 2.34. The molecular formula is C17H15F5N2O3S.